The first-order chi connectivity index (χ1) is 10.1. The van der Waals surface area contributed by atoms with Crippen LogP contribution in [0, 0.1) is 0 Å². The molecule has 0 saturated carbocycles. The molecule has 0 aromatic carbocycles. The van der Waals surface area contributed by atoms with Crippen molar-refractivity contribution in [3.8, 4) is 11.3 Å². The van der Waals surface area contributed by atoms with Crippen LogP contribution in [-0.2, 0) is 4.79 Å². The van der Waals surface area contributed by atoms with Crippen molar-refractivity contribution >= 4 is 11.6 Å². The number of imidazole rings is 1. The summed E-state index contributed by atoms with van der Waals surface area (Å²) < 4.78 is 1.84. The van der Waals surface area contributed by atoms with Gasteiger partial charge in [-0.3, -0.25) is 9.78 Å². The number of nitrogens with two attached hydrogens (primary N) is 1. The molecule has 0 aliphatic heterocycles. The number of anilines is 1. The van der Waals surface area contributed by atoms with Crippen molar-refractivity contribution in [2.75, 3.05) is 18.8 Å². The zero-order chi connectivity index (χ0) is 15.4. The molecule has 6 heteroatoms. The fourth-order valence-electron chi connectivity index (χ4n) is 2.36. The summed E-state index contributed by atoms with van der Waals surface area (Å²) in [5.74, 6) is 0.0710. The van der Waals surface area contributed by atoms with Crippen LogP contribution in [0.5, 0.6) is 0 Å². The van der Waals surface area contributed by atoms with Crippen LogP contribution < -0.4 is 5.73 Å². The minimum absolute atomic E-state index is 0.0710. The standard InChI is InChI=1S/C15H21N5O/c1-4-19(5-2)15(21)11(3)20-10-18-9-14(20)12-8-17-7-6-13(12)16/h6-11H,4-5H2,1-3H3,(H2,16,17). The van der Waals surface area contributed by atoms with Crippen LogP contribution in [0.2, 0.25) is 0 Å². The number of carbonyl (C=O) groups is 1. The molecule has 112 valence electrons. The Morgan fingerprint density at radius 3 is 2.67 bits per heavy atom. The van der Waals surface area contributed by atoms with E-state index in [1.807, 2.05) is 25.3 Å². The number of amides is 1. The Labute approximate surface area is 124 Å². The fraction of sp³-hybridized carbons (Fsp3) is 0.400. The summed E-state index contributed by atoms with van der Waals surface area (Å²) in [5.41, 5.74) is 8.20. The van der Waals surface area contributed by atoms with Gasteiger partial charge in [-0.1, -0.05) is 0 Å². The topological polar surface area (TPSA) is 77.0 Å². The maximum Gasteiger partial charge on any atom is 0.245 e. The van der Waals surface area contributed by atoms with E-state index in [-0.39, 0.29) is 11.9 Å². The van der Waals surface area contributed by atoms with E-state index in [1.165, 1.54) is 0 Å². The molecule has 2 aromatic rings. The predicted octanol–water partition coefficient (Wildman–Crippen LogP) is 1.96. The zero-order valence-corrected chi connectivity index (χ0v) is 12.7. The van der Waals surface area contributed by atoms with Crippen LogP contribution in [0.25, 0.3) is 11.3 Å². The number of nitrogen functional groups attached to an aromatic ring is 1. The van der Waals surface area contributed by atoms with Crippen LogP contribution in [0.1, 0.15) is 26.8 Å². The highest BCUT2D eigenvalue weighted by Crippen LogP contribution is 2.27. The molecule has 0 bridgehead atoms. The molecule has 2 heterocycles. The normalized spacial score (nSPS) is 12.1. The average Bonchev–Trinajstić information content (AvgIpc) is 2.97. The van der Waals surface area contributed by atoms with Crippen LogP contribution in [-0.4, -0.2) is 38.4 Å². The summed E-state index contributed by atoms with van der Waals surface area (Å²) in [4.78, 5) is 22.6. The molecule has 1 atom stereocenters. The number of aromatic nitrogens is 3. The minimum Gasteiger partial charge on any atom is -0.398 e. The number of rotatable bonds is 5. The molecule has 0 fully saturated rings. The number of likely N-dealkylation sites (N-methyl/N-ethyl adjacent to an activating group) is 1. The molecular weight excluding hydrogens is 266 g/mol. The van der Waals surface area contributed by atoms with Crippen LogP contribution in [0.3, 0.4) is 0 Å². The monoisotopic (exact) mass is 287 g/mol. The molecule has 2 aromatic heterocycles. The van der Waals surface area contributed by atoms with E-state index in [0.717, 1.165) is 11.3 Å². The Kier molecular flexibility index (Phi) is 4.57. The summed E-state index contributed by atoms with van der Waals surface area (Å²) in [5, 5.41) is 0. The van der Waals surface area contributed by atoms with Crippen molar-refractivity contribution in [3.05, 3.63) is 31.0 Å². The summed E-state index contributed by atoms with van der Waals surface area (Å²) in [6.45, 7) is 7.21. The van der Waals surface area contributed by atoms with E-state index in [2.05, 4.69) is 9.97 Å². The maximum atomic E-state index is 12.5. The molecule has 0 spiro atoms. The Hall–Kier alpha value is -2.37. The molecule has 1 unspecified atom stereocenters. The molecule has 21 heavy (non-hydrogen) atoms. The van der Waals surface area contributed by atoms with E-state index in [4.69, 9.17) is 5.73 Å². The summed E-state index contributed by atoms with van der Waals surface area (Å²) in [7, 11) is 0. The van der Waals surface area contributed by atoms with Crippen molar-refractivity contribution in [1.82, 2.24) is 19.4 Å². The number of hydrogen-bond donors (Lipinski definition) is 1. The van der Waals surface area contributed by atoms with Crippen LogP contribution in [0.15, 0.2) is 31.0 Å². The Bertz CT molecular complexity index is 618. The minimum atomic E-state index is -0.331. The van der Waals surface area contributed by atoms with E-state index >= 15 is 0 Å². The highest BCUT2D eigenvalue weighted by molar-refractivity contribution is 5.82. The van der Waals surface area contributed by atoms with Crippen molar-refractivity contribution in [1.29, 1.82) is 0 Å². The van der Waals surface area contributed by atoms with Gasteiger partial charge in [0.25, 0.3) is 0 Å². The van der Waals surface area contributed by atoms with Gasteiger partial charge in [0.1, 0.15) is 6.04 Å². The molecule has 0 aliphatic rings. The SMILES string of the molecule is CCN(CC)C(=O)C(C)n1cncc1-c1cnccc1N. The highest BCUT2D eigenvalue weighted by Gasteiger charge is 2.22. The molecule has 0 aliphatic carbocycles. The van der Waals surface area contributed by atoms with Gasteiger partial charge in [0, 0.05) is 36.7 Å². The lowest BCUT2D eigenvalue weighted by Crippen LogP contribution is -2.36. The molecule has 1 amide bonds. The van der Waals surface area contributed by atoms with Crippen molar-refractivity contribution in [2.24, 2.45) is 0 Å². The third-order valence-electron chi connectivity index (χ3n) is 3.65. The van der Waals surface area contributed by atoms with Gasteiger partial charge >= 0.3 is 0 Å². The molecule has 2 rings (SSSR count). The highest BCUT2D eigenvalue weighted by atomic mass is 16.2. The first-order valence-electron chi connectivity index (χ1n) is 7.10. The van der Waals surface area contributed by atoms with Gasteiger partial charge < -0.3 is 15.2 Å². The Morgan fingerprint density at radius 1 is 1.33 bits per heavy atom. The van der Waals surface area contributed by atoms with E-state index < -0.39 is 0 Å². The second-order valence-corrected chi connectivity index (χ2v) is 4.84. The third kappa shape index (κ3) is 2.89. The zero-order valence-electron chi connectivity index (χ0n) is 12.7. The third-order valence-corrected chi connectivity index (χ3v) is 3.65. The van der Waals surface area contributed by atoms with Crippen molar-refractivity contribution in [3.63, 3.8) is 0 Å². The van der Waals surface area contributed by atoms with Gasteiger partial charge in [-0.05, 0) is 26.8 Å². The summed E-state index contributed by atoms with van der Waals surface area (Å²) >= 11 is 0. The summed E-state index contributed by atoms with van der Waals surface area (Å²) in [6.07, 6.45) is 6.70. The van der Waals surface area contributed by atoms with Gasteiger partial charge in [0.15, 0.2) is 0 Å². The Balaban J connectivity index is 2.37. The van der Waals surface area contributed by atoms with Gasteiger partial charge in [0.2, 0.25) is 5.91 Å². The number of pyridine rings is 1. The van der Waals surface area contributed by atoms with Crippen LogP contribution >= 0.6 is 0 Å². The lowest BCUT2D eigenvalue weighted by atomic mass is 10.1. The first kappa shape index (κ1) is 15.0. The van der Waals surface area contributed by atoms with E-state index in [0.29, 0.717) is 18.8 Å². The summed E-state index contributed by atoms with van der Waals surface area (Å²) in [6, 6.07) is 1.41. The number of hydrogen-bond acceptors (Lipinski definition) is 4. The van der Waals surface area contributed by atoms with Gasteiger partial charge in [-0.15, -0.1) is 0 Å². The van der Waals surface area contributed by atoms with E-state index in [9.17, 15) is 4.79 Å². The quantitative estimate of drug-likeness (QED) is 0.912. The average molecular weight is 287 g/mol. The maximum absolute atomic E-state index is 12.5. The second-order valence-electron chi connectivity index (χ2n) is 4.84. The molecule has 0 radical (unpaired) electrons. The molecular formula is C15H21N5O. The van der Waals surface area contributed by atoms with Crippen molar-refractivity contribution < 1.29 is 4.79 Å². The predicted molar refractivity (Wildman–Crippen MR) is 82.5 cm³/mol. The van der Waals surface area contributed by atoms with Crippen molar-refractivity contribution in [2.45, 2.75) is 26.8 Å². The van der Waals surface area contributed by atoms with Crippen LogP contribution in [0.4, 0.5) is 5.69 Å². The number of nitrogens with zero attached hydrogens (tertiary/aromatic N) is 4. The molecule has 0 saturated heterocycles. The fourth-order valence-corrected chi connectivity index (χ4v) is 2.36. The molecule has 6 nitrogen and oxygen atoms in total. The lowest BCUT2D eigenvalue weighted by molar-refractivity contribution is -0.133. The Morgan fingerprint density at radius 2 is 2.05 bits per heavy atom. The van der Waals surface area contributed by atoms with Gasteiger partial charge in [-0.25, -0.2) is 4.98 Å². The first-order valence-corrected chi connectivity index (χ1v) is 7.10. The second kappa shape index (κ2) is 6.39. The van der Waals surface area contributed by atoms with E-state index in [1.54, 1.807) is 35.9 Å². The smallest absolute Gasteiger partial charge is 0.245 e. The lowest BCUT2D eigenvalue weighted by Gasteiger charge is -2.24. The van der Waals surface area contributed by atoms with Gasteiger partial charge in [-0.2, -0.15) is 0 Å². The number of carbonyl (C=O) groups excluding carboxylic acids is 1. The largest absolute Gasteiger partial charge is 0.398 e. The van der Waals surface area contributed by atoms with Gasteiger partial charge in [0.05, 0.1) is 18.2 Å². The molecule has 2 N–H and O–H groups in total.